The van der Waals surface area contributed by atoms with Crippen molar-refractivity contribution in [2.75, 3.05) is 19.8 Å². The summed E-state index contributed by atoms with van der Waals surface area (Å²) in [6, 6.07) is 3.91. The van der Waals surface area contributed by atoms with E-state index in [1.807, 2.05) is 6.07 Å². The van der Waals surface area contributed by atoms with Gasteiger partial charge in [0.2, 0.25) is 0 Å². The van der Waals surface area contributed by atoms with Crippen molar-refractivity contribution in [1.29, 1.82) is 0 Å². The van der Waals surface area contributed by atoms with Crippen molar-refractivity contribution in [3.05, 3.63) is 27.7 Å². The zero-order chi connectivity index (χ0) is 14.7. The van der Waals surface area contributed by atoms with Crippen LogP contribution in [0.5, 0.6) is 5.75 Å². The number of fused-ring (bicyclic) bond motifs is 1. The van der Waals surface area contributed by atoms with Crippen molar-refractivity contribution < 1.29 is 9.47 Å². The molecule has 0 aromatic heterocycles. The van der Waals surface area contributed by atoms with Crippen molar-refractivity contribution in [2.45, 2.75) is 44.2 Å². The summed E-state index contributed by atoms with van der Waals surface area (Å²) in [6.45, 7) is 2.27. The average molecular weight is 330 g/mol. The molecule has 1 unspecified atom stereocenters. The Balaban J connectivity index is 1.55. The quantitative estimate of drug-likeness (QED) is 0.814. The maximum Gasteiger partial charge on any atom is 0.142 e. The van der Waals surface area contributed by atoms with E-state index < -0.39 is 0 Å². The maximum atomic E-state index is 6.20. The van der Waals surface area contributed by atoms with E-state index in [-0.39, 0.29) is 6.04 Å². The zero-order valence-corrected chi connectivity index (χ0v) is 13.6. The first kappa shape index (κ1) is 15.4. The number of benzene rings is 1. The Morgan fingerprint density at radius 2 is 2.00 bits per heavy atom. The molecule has 116 valence electrons. The van der Waals surface area contributed by atoms with Gasteiger partial charge in [-0.05, 0) is 25.0 Å². The number of halogens is 2. The third-order valence-corrected chi connectivity index (χ3v) is 4.71. The fourth-order valence-electron chi connectivity index (χ4n) is 3.15. The van der Waals surface area contributed by atoms with Crippen LogP contribution in [-0.4, -0.2) is 25.9 Å². The van der Waals surface area contributed by atoms with Crippen LogP contribution in [-0.2, 0) is 4.74 Å². The van der Waals surface area contributed by atoms with Gasteiger partial charge < -0.3 is 14.8 Å². The highest BCUT2D eigenvalue weighted by atomic mass is 35.5. The van der Waals surface area contributed by atoms with Gasteiger partial charge in [-0.3, -0.25) is 0 Å². The standard InChI is InChI=1S/C16H21Cl2NO2/c17-11-9-13-15(5-7-21-16(13)14(18)10-11)19-6-8-20-12-3-1-2-4-12/h9-10,12,15,19H,1-8H2. The van der Waals surface area contributed by atoms with Crippen molar-refractivity contribution in [1.82, 2.24) is 5.32 Å². The van der Waals surface area contributed by atoms with E-state index in [0.29, 0.717) is 22.8 Å². The maximum absolute atomic E-state index is 6.20. The van der Waals surface area contributed by atoms with Crippen LogP contribution in [0.15, 0.2) is 12.1 Å². The third kappa shape index (κ3) is 3.84. The summed E-state index contributed by atoms with van der Waals surface area (Å²) >= 11 is 12.3. The van der Waals surface area contributed by atoms with Crippen LogP contribution in [0.25, 0.3) is 0 Å². The van der Waals surface area contributed by atoms with Gasteiger partial charge in [0.1, 0.15) is 5.75 Å². The zero-order valence-electron chi connectivity index (χ0n) is 12.0. The van der Waals surface area contributed by atoms with Gasteiger partial charge in [0.15, 0.2) is 0 Å². The molecule has 1 N–H and O–H groups in total. The molecule has 1 aromatic rings. The Morgan fingerprint density at radius 3 is 2.81 bits per heavy atom. The molecule has 1 atom stereocenters. The molecule has 1 aliphatic heterocycles. The second-order valence-corrected chi connectivity index (χ2v) is 6.57. The minimum Gasteiger partial charge on any atom is -0.492 e. The van der Waals surface area contributed by atoms with Crippen LogP contribution >= 0.6 is 23.2 Å². The number of hydrogen-bond acceptors (Lipinski definition) is 3. The molecular weight excluding hydrogens is 309 g/mol. The Hall–Kier alpha value is -0.480. The second-order valence-electron chi connectivity index (χ2n) is 5.73. The van der Waals surface area contributed by atoms with Gasteiger partial charge >= 0.3 is 0 Å². The Bertz CT molecular complexity index is 489. The summed E-state index contributed by atoms with van der Waals surface area (Å²) < 4.78 is 11.5. The predicted octanol–water partition coefficient (Wildman–Crippen LogP) is 4.37. The van der Waals surface area contributed by atoms with Crippen LogP contribution in [0, 0.1) is 0 Å². The summed E-state index contributed by atoms with van der Waals surface area (Å²) in [4.78, 5) is 0. The van der Waals surface area contributed by atoms with Gasteiger partial charge in [-0.15, -0.1) is 0 Å². The van der Waals surface area contributed by atoms with Gasteiger partial charge in [0.25, 0.3) is 0 Å². The Morgan fingerprint density at radius 1 is 1.19 bits per heavy atom. The monoisotopic (exact) mass is 329 g/mol. The SMILES string of the molecule is Clc1cc(Cl)c2c(c1)C(NCCOC1CCCC1)CCO2. The molecule has 1 aliphatic carbocycles. The molecule has 1 aromatic carbocycles. The second kappa shape index (κ2) is 7.19. The molecule has 3 rings (SSSR count). The highest BCUT2D eigenvalue weighted by Crippen LogP contribution is 2.39. The van der Waals surface area contributed by atoms with Gasteiger partial charge in [0.05, 0.1) is 24.3 Å². The normalized spacial score (nSPS) is 22.1. The summed E-state index contributed by atoms with van der Waals surface area (Å²) in [5.74, 6) is 0.765. The van der Waals surface area contributed by atoms with Crippen LogP contribution < -0.4 is 10.1 Å². The fourth-order valence-corrected chi connectivity index (χ4v) is 3.72. The molecule has 1 saturated carbocycles. The van der Waals surface area contributed by atoms with Crippen LogP contribution in [0.1, 0.15) is 43.7 Å². The largest absolute Gasteiger partial charge is 0.492 e. The molecule has 1 fully saturated rings. The Kier molecular flexibility index (Phi) is 5.28. The minimum absolute atomic E-state index is 0.233. The van der Waals surface area contributed by atoms with E-state index in [0.717, 1.165) is 30.9 Å². The summed E-state index contributed by atoms with van der Waals surface area (Å²) in [7, 11) is 0. The predicted molar refractivity (Wildman–Crippen MR) is 85.5 cm³/mol. The van der Waals surface area contributed by atoms with Crippen molar-refractivity contribution in [2.24, 2.45) is 0 Å². The summed E-state index contributed by atoms with van der Waals surface area (Å²) in [6.07, 6.45) is 6.44. The number of rotatable bonds is 5. The molecule has 3 nitrogen and oxygen atoms in total. The Labute approximate surface area is 135 Å². The van der Waals surface area contributed by atoms with E-state index in [9.17, 15) is 0 Å². The van der Waals surface area contributed by atoms with E-state index >= 15 is 0 Å². The van der Waals surface area contributed by atoms with Crippen molar-refractivity contribution in [3.63, 3.8) is 0 Å². The van der Waals surface area contributed by atoms with Crippen molar-refractivity contribution >= 4 is 23.2 Å². The van der Waals surface area contributed by atoms with Gasteiger partial charge in [-0.25, -0.2) is 0 Å². The summed E-state index contributed by atoms with van der Waals surface area (Å²) in [5, 5.41) is 4.77. The average Bonchev–Trinajstić information content (AvgIpc) is 2.97. The van der Waals surface area contributed by atoms with Crippen LogP contribution in [0.2, 0.25) is 10.0 Å². The molecule has 0 spiro atoms. The highest BCUT2D eigenvalue weighted by Gasteiger charge is 2.24. The lowest BCUT2D eigenvalue weighted by atomic mass is 10.0. The highest BCUT2D eigenvalue weighted by molar-refractivity contribution is 6.35. The van der Waals surface area contributed by atoms with Crippen LogP contribution in [0.4, 0.5) is 0 Å². The lowest BCUT2D eigenvalue weighted by Crippen LogP contribution is -2.30. The third-order valence-electron chi connectivity index (χ3n) is 4.21. The first-order valence-electron chi connectivity index (χ1n) is 7.71. The molecule has 0 saturated heterocycles. The molecule has 0 radical (unpaired) electrons. The molecule has 5 heteroatoms. The molecule has 1 heterocycles. The number of hydrogen-bond donors (Lipinski definition) is 1. The lowest BCUT2D eigenvalue weighted by Gasteiger charge is -2.28. The topological polar surface area (TPSA) is 30.5 Å². The number of nitrogens with one attached hydrogen (secondary N) is 1. The summed E-state index contributed by atoms with van der Waals surface area (Å²) in [5.41, 5.74) is 1.06. The molecular formula is C16H21Cl2NO2. The first-order chi connectivity index (χ1) is 10.2. The smallest absolute Gasteiger partial charge is 0.142 e. The van der Waals surface area contributed by atoms with E-state index in [1.54, 1.807) is 6.07 Å². The molecule has 21 heavy (non-hydrogen) atoms. The first-order valence-corrected chi connectivity index (χ1v) is 8.46. The number of ether oxygens (including phenoxy) is 2. The van der Waals surface area contributed by atoms with Gasteiger partial charge in [0, 0.05) is 29.6 Å². The lowest BCUT2D eigenvalue weighted by molar-refractivity contribution is 0.0583. The van der Waals surface area contributed by atoms with Gasteiger partial charge in [-0.1, -0.05) is 36.0 Å². The van der Waals surface area contributed by atoms with E-state index in [2.05, 4.69) is 5.32 Å². The van der Waals surface area contributed by atoms with Gasteiger partial charge in [-0.2, -0.15) is 0 Å². The minimum atomic E-state index is 0.233. The van der Waals surface area contributed by atoms with Crippen molar-refractivity contribution in [3.8, 4) is 5.75 Å². The molecule has 0 amide bonds. The van der Waals surface area contributed by atoms with E-state index in [4.69, 9.17) is 32.7 Å². The molecule has 2 aliphatic rings. The van der Waals surface area contributed by atoms with Crippen LogP contribution in [0.3, 0.4) is 0 Å². The molecule has 0 bridgehead atoms. The van der Waals surface area contributed by atoms with E-state index in [1.165, 1.54) is 25.7 Å². The fraction of sp³-hybridized carbons (Fsp3) is 0.625.